The summed E-state index contributed by atoms with van der Waals surface area (Å²) in [5.41, 5.74) is 7.75. The monoisotopic (exact) mass is 217 g/mol. The predicted octanol–water partition coefficient (Wildman–Crippen LogP) is 2.23. The van der Waals surface area contributed by atoms with Crippen molar-refractivity contribution >= 4 is 5.78 Å². The number of carbonyl (C=O) groups is 1. The van der Waals surface area contributed by atoms with Crippen LogP contribution in [0.15, 0.2) is 24.3 Å². The van der Waals surface area contributed by atoms with E-state index in [1.54, 1.807) is 0 Å². The van der Waals surface area contributed by atoms with Crippen LogP contribution in [0.1, 0.15) is 30.9 Å². The Morgan fingerprint density at radius 2 is 1.94 bits per heavy atom. The molecule has 16 heavy (non-hydrogen) atoms. The molecular formula is C14H19NO. The summed E-state index contributed by atoms with van der Waals surface area (Å²) < 4.78 is 0. The van der Waals surface area contributed by atoms with Crippen molar-refractivity contribution in [3.8, 4) is 0 Å². The van der Waals surface area contributed by atoms with Gasteiger partial charge in [-0.05, 0) is 38.2 Å². The van der Waals surface area contributed by atoms with E-state index in [-0.39, 0.29) is 5.78 Å². The van der Waals surface area contributed by atoms with E-state index in [9.17, 15) is 4.79 Å². The molecule has 1 aromatic rings. The molecule has 1 aromatic carbocycles. The zero-order valence-electron chi connectivity index (χ0n) is 9.99. The summed E-state index contributed by atoms with van der Waals surface area (Å²) >= 11 is 0. The van der Waals surface area contributed by atoms with Crippen LogP contribution in [0.4, 0.5) is 0 Å². The number of benzene rings is 1. The molecule has 0 radical (unpaired) electrons. The minimum absolute atomic E-state index is 0.166. The largest absolute Gasteiger partial charge is 0.319 e. The van der Waals surface area contributed by atoms with Gasteiger partial charge < -0.3 is 5.73 Å². The molecule has 2 rings (SSSR count). The Balaban J connectivity index is 2.04. The molecule has 2 N–H and O–H groups in total. The second-order valence-corrected chi connectivity index (χ2v) is 5.14. The first-order valence-corrected chi connectivity index (χ1v) is 5.88. The maximum Gasteiger partial charge on any atom is 0.156 e. The van der Waals surface area contributed by atoms with Gasteiger partial charge in [0, 0.05) is 6.42 Å². The SMILES string of the molecule is Cc1ccc(CC(=O)C(C)(N)C2CC2)cc1. The zero-order valence-corrected chi connectivity index (χ0v) is 9.99. The lowest BCUT2D eigenvalue weighted by Crippen LogP contribution is -2.47. The van der Waals surface area contributed by atoms with Gasteiger partial charge in [0.25, 0.3) is 0 Å². The van der Waals surface area contributed by atoms with E-state index in [4.69, 9.17) is 5.73 Å². The number of carbonyl (C=O) groups excluding carboxylic acids is 1. The van der Waals surface area contributed by atoms with Crippen molar-refractivity contribution in [3.05, 3.63) is 35.4 Å². The van der Waals surface area contributed by atoms with Crippen LogP contribution >= 0.6 is 0 Å². The standard InChI is InChI=1S/C14H19NO/c1-10-3-5-11(6-4-10)9-13(16)14(2,15)12-7-8-12/h3-6,12H,7-9,15H2,1-2H3. The first-order chi connectivity index (χ1) is 7.50. The highest BCUT2D eigenvalue weighted by molar-refractivity contribution is 5.90. The van der Waals surface area contributed by atoms with Gasteiger partial charge in [-0.3, -0.25) is 4.79 Å². The van der Waals surface area contributed by atoms with Gasteiger partial charge in [-0.25, -0.2) is 0 Å². The number of nitrogens with two attached hydrogens (primary N) is 1. The molecular weight excluding hydrogens is 198 g/mol. The number of ketones is 1. The maximum absolute atomic E-state index is 12.1. The predicted molar refractivity (Wildman–Crippen MR) is 65.2 cm³/mol. The van der Waals surface area contributed by atoms with Gasteiger partial charge in [-0.2, -0.15) is 0 Å². The smallest absolute Gasteiger partial charge is 0.156 e. The summed E-state index contributed by atoms with van der Waals surface area (Å²) in [6.45, 7) is 3.92. The number of rotatable bonds is 4. The zero-order chi connectivity index (χ0) is 11.8. The quantitative estimate of drug-likeness (QED) is 0.840. The molecule has 1 aliphatic rings. The van der Waals surface area contributed by atoms with E-state index in [0.29, 0.717) is 12.3 Å². The van der Waals surface area contributed by atoms with Crippen LogP contribution in [-0.2, 0) is 11.2 Å². The Morgan fingerprint density at radius 1 is 1.38 bits per heavy atom. The molecule has 1 aliphatic carbocycles. The minimum Gasteiger partial charge on any atom is -0.319 e. The third-order valence-corrected chi connectivity index (χ3v) is 3.51. The molecule has 1 unspecified atom stereocenters. The van der Waals surface area contributed by atoms with Crippen LogP contribution in [0.5, 0.6) is 0 Å². The van der Waals surface area contributed by atoms with E-state index in [0.717, 1.165) is 18.4 Å². The first kappa shape index (κ1) is 11.3. The number of hydrogen-bond donors (Lipinski definition) is 1. The van der Waals surface area contributed by atoms with Gasteiger partial charge in [-0.15, -0.1) is 0 Å². The maximum atomic E-state index is 12.1. The molecule has 0 amide bonds. The molecule has 2 heteroatoms. The Bertz CT molecular complexity index is 388. The van der Waals surface area contributed by atoms with Gasteiger partial charge in [0.1, 0.15) is 0 Å². The van der Waals surface area contributed by atoms with Crippen molar-refractivity contribution < 1.29 is 4.79 Å². The summed E-state index contributed by atoms with van der Waals surface area (Å²) in [6.07, 6.45) is 2.67. The number of hydrogen-bond acceptors (Lipinski definition) is 2. The molecule has 0 spiro atoms. The average Bonchev–Trinajstić information content (AvgIpc) is 3.05. The van der Waals surface area contributed by atoms with Crippen molar-refractivity contribution in [3.63, 3.8) is 0 Å². The molecule has 2 nitrogen and oxygen atoms in total. The molecule has 0 heterocycles. The molecule has 1 atom stereocenters. The second kappa shape index (κ2) is 4.02. The van der Waals surface area contributed by atoms with Gasteiger partial charge in [0.2, 0.25) is 0 Å². The molecule has 0 saturated heterocycles. The summed E-state index contributed by atoms with van der Waals surface area (Å²) in [6, 6.07) is 8.09. The first-order valence-electron chi connectivity index (χ1n) is 5.88. The third-order valence-electron chi connectivity index (χ3n) is 3.51. The van der Waals surface area contributed by atoms with E-state index < -0.39 is 5.54 Å². The summed E-state index contributed by atoms with van der Waals surface area (Å²) in [7, 11) is 0. The third kappa shape index (κ3) is 2.33. The second-order valence-electron chi connectivity index (χ2n) is 5.14. The molecule has 0 aliphatic heterocycles. The lowest BCUT2D eigenvalue weighted by molar-refractivity contribution is -0.123. The topological polar surface area (TPSA) is 43.1 Å². The Labute approximate surface area is 96.8 Å². The average molecular weight is 217 g/mol. The molecule has 0 aromatic heterocycles. The van der Waals surface area contributed by atoms with Gasteiger partial charge in [0.05, 0.1) is 5.54 Å². The van der Waals surface area contributed by atoms with Crippen LogP contribution in [0.2, 0.25) is 0 Å². The van der Waals surface area contributed by atoms with Gasteiger partial charge in [0.15, 0.2) is 5.78 Å². The highest BCUT2D eigenvalue weighted by atomic mass is 16.1. The summed E-state index contributed by atoms with van der Waals surface area (Å²) in [4.78, 5) is 12.1. The highest BCUT2D eigenvalue weighted by Crippen LogP contribution is 2.38. The van der Waals surface area contributed by atoms with E-state index in [1.807, 2.05) is 38.1 Å². The Kier molecular flexibility index (Phi) is 2.85. The molecule has 1 fully saturated rings. The summed E-state index contributed by atoms with van der Waals surface area (Å²) in [5, 5.41) is 0. The van der Waals surface area contributed by atoms with Crippen molar-refractivity contribution in [2.24, 2.45) is 11.7 Å². The normalized spacial score (nSPS) is 19.2. The highest BCUT2D eigenvalue weighted by Gasteiger charge is 2.43. The van der Waals surface area contributed by atoms with E-state index in [2.05, 4.69) is 0 Å². The van der Waals surface area contributed by atoms with Crippen LogP contribution in [0.3, 0.4) is 0 Å². The van der Waals surface area contributed by atoms with Crippen molar-refractivity contribution in [2.75, 3.05) is 0 Å². The van der Waals surface area contributed by atoms with Crippen LogP contribution in [0.25, 0.3) is 0 Å². The molecule has 1 saturated carbocycles. The lowest BCUT2D eigenvalue weighted by Gasteiger charge is -2.22. The van der Waals surface area contributed by atoms with E-state index >= 15 is 0 Å². The Hall–Kier alpha value is -1.15. The van der Waals surface area contributed by atoms with Crippen molar-refractivity contribution in [1.29, 1.82) is 0 Å². The van der Waals surface area contributed by atoms with Crippen molar-refractivity contribution in [2.45, 2.75) is 38.6 Å². The summed E-state index contributed by atoms with van der Waals surface area (Å²) in [5.74, 6) is 0.573. The molecule has 86 valence electrons. The number of Topliss-reactive ketones (excluding diaryl/α,β-unsaturated/α-hetero) is 1. The van der Waals surface area contributed by atoms with Gasteiger partial charge in [-0.1, -0.05) is 29.8 Å². The van der Waals surface area contributed by atoms with E-state index in [1.165, 1.54) is 5.56 Å². The Morgan fingerprint density at radius 3 is 2.44 bits per heavy atom. The fraction of sp³-hybridized carbons (Fsp3) is 0.500. The van der Waals surface area contributed by atoms with Crippen LogP contribution in [-0.4, -0.2) is 11.3 Å². The van der Waals surface area contributed by atoms with Crippen LogP contribution in [0, 0.1) is 12.8 Å². The lowest BCUT2D eigenvalue weighted by atomic mass is 9.88. The van der Waals surface area contributed by atoms with Crippen LogP contribution < -0.4 is 5.73 Å². The fourth-order valence-electron chi connectivity index (χ4n) is 1.99. The van der Waals surface area contributed by atoms with Crippen molar-refractivity contribution in [1.82, 2.24) is 0 Å². The van der Waals surface area contributed by atoms with Gasteiger partial charge >= 0.3 is 0 Å². The fourth-order valence-corrected chi connectivity index (χ4v) is 1.99. The minimum atomic E-state index is -0.620. The molecule has 0 bridgehead atoms. The number of aryl methyl sites for hydroxylation is 1.